The van der Waals surface area contributed by atoms with E-state index in [-0.39, 0.29) is 0 Å². The number of nitrogens with two attached hydrogens (primary N) is 1. The lowest BCUT2D eigenvalue weighted by Gasteiger charge is -2.11. The molecule has 0 aliphatic heterocycles. The quantitative estimate of drug-likeness (QED) is 0.852. The molecule has 0 aliphatic rings. The first-order chi connectivity index (χ1) is 8.61. The molecule has 2 rings (SSSR count). The molecule has 0 radical (unpaired) electrons. The Kier molecular flexibility index (Phi) is 3.36. The SMILES string of the molecule is COc1cnc(C)cc1NCc1cnn(C)c1N. The van der Waals surface area contributed by atoms with Gasteiger partial charge >= 0.3 is 0 Å². The largest absolute Gasteiger partial charge is 0.493 e. The first-order valence-corrected chi connectivity index (χ1v) is 5.62. The van der Waals surface area contributed by atoms with Crippen LogP contribution in [0, 0.1) is 6.92 Å². The van der Waals surface area contributed by atoms with E-state index in [1.54, 1.807) is 24.2 Å². The summed E-state index contributed by atoms with van der Waals surface area (Å²) in [6.07, 6.45) is 3.45. The fourth-order valence-corrected chi connectivity index (χ4v) is 1.67. The summed E-state index contributed by atoms with van der Waals surface area (Å²) < 4.78 is 6.89. The molecule has 96 valence electrons. The first kappa shape index (κ1) is 12.2. The van der Waals surface area contributed by atoms with Crippen LogP contribution in [-0.2, 0) is 13.6 Å². The van der Waals surface area contributed by atoms with Gasteiger partial charge in [0, 0.05) is 24.8 Å². The van der Waals surface area contributed by atoms with Gasteiger partial charge < -0.3 is 15.8 Å². The Labute approximate surface area is 106 Å². The lowest BCUT2D eigenvalue weighted by atomic mass is 10.2. The van der Waals surface area contributed by atoms with E-state index in [1.807, 2.05) is 20.0 Å². The standard InChI is InChI=1S/C12H17N5O/c1-8-4-10(11(18-3)7-14-8)15-5-9-6-16-17(2)12(9)13/h4,6-7H,5,13H2,1-3H3,(H,14,15). The fourth-order valence-electron chi connectivity index (χ4n) is 1.67. The number of methoxy groups -OCH3 is 1. The molecule has 3 N–H and O–H groups in total. The summed E-state index contributed by atoms with van der Waals surface area (Å²) in [5.41, 5.74) is 8.66. The molecule has 2 aromatic heterocycles. The van der Waals surface area contributed by atoms with Gasteiger partial charge in [0.2, 0.25) is 0 Å². The number of anilines is 2. The van der Waals surface area contributed by atoms with E-state index in [0.717, 1.165) is 16.9 Å². The zero-order valence-electron chi connectivity index (χ0n) is 10.8. The Balaban J connectivity index is 2.15. The van der Waals surface area contributed by atoms with Gasteiger partial charge in [0.05, 0.1) is 25.2 Å². The van der Waals surface area contributed by atoms with Crippen LogP contribution in [0.1, 0.15) is 11.3 Å². The number of hydrogen-bond acceptors (Lipinski definition) is 5. The van der Waals surface area contributed by atoms with Crippen LogP contribution in [0.4, 0.5) is 11.5 Å². The molecule has 0 spiro atoms. The molecule has 0 atom stereocenters. The van der Waals surface area contributed by atoms with Crippen molar-refractivity contribution in [3.8, 4) is 5.75 Å². The third kappa shape index (κ3) is 2.37. The van der Waals surface area contributed by atoms with Gasteiger partial charge in [-0.3, -0.25) is 9.67 Å². The number of rotatable bonds is 4. The Morgan fingerprint density at radius 2 is 2.22 bits per heavy atom. The van der Waals surface area contributed by atoms with Crippen LogP contribution in [0.3, 0.4) is 0 Å². The number of aromatic nitrogens is 3. The van der Waals surface area contributed by atoms with E-state index in [2.05, 4.69) is 15.4 Å². The topological polar surface area (TPSA) is 78.0 Å². The van der Waals surface area contributed by atoms with Gasteiger partial charge in [-0.05, 0) is 13.0 Å². The van der Waals surface area contributed by atoms with Crippen molar-refractivity contribution >= 4 is 11.5 Å². The second-order valence-corrected chi connectivity index (χ2v) is 4.06. The van der Waals surface area contributed by atoms with Gasteiger partial charge in [-0.25, -0.2) is 0 Å². The van der Waals surface area contributed by atoms with Gasteiger partial charge in [0.25, 0.3) is 0 Å². The number of aryl methyl sites for hydroxylation is 2. The first-order valence-electron chi connectivity index (χ1n) is 5.62. The van der Waals surface area contributed by atoms with Crippen molar-refractivity contribution in [2.24, 2.45) is 7.05 Å². The fraction of sp³-hybridized carbons (Fsp3) is 0.333. The van der Waals surface area contributed by atoms with Crippen LogP contribution >= 0.6 is 0 Å². The number of nitrogens with one attached hydrogen (secondary N) is 1. The highest BCUT2D eigenvalue weighted by Gasteiger charge is 2.07. The third-order valence-corrected chi connectivity index (χ3v) is 2.76. The molecule has 18 heavy (non-hydrogen) atoms. The predicted molar refractivity (Wildman–Crippen MR) is 70.5 cm³/mol. The number of nitrogen functional groups attached to an aromatic ring is 1. The van der Waals surface area contributed by atoms with Gasteiger partial charge in [0.1, 0.15) is 5.82 Å². The highest BCUT2D eigenvalue weighted by atomic mass is 16.5. The highest BCUT2D eigenvalue weighted by molar-refractivity contribution is 5.56. The van der Waals surface area contributed by atoms with Crippen LogP contribution in [0.2, 0.25) is 0 Å². The maximum atomic E-state index is 5.88. The van der Waals surface area contributed by atoms with Crippen molar-refractivity contribution in [3.63, 3.8) is 0 Å². The van der Waals surface area contributed by atoms with E-state index in [1.165, 1.54) is 0 Å². The normalized spacial score (nSPS) is 10.4. The lowest BCUT2D eigenvalue weighted by Crippen LogP contribution is -2.05. The maximum absolute atomic E-state index is 5.88. The molecule has 2 heterocycles. The van der Waals surface area contributed by atoms with Crippen LogP contribution < -0.4 is 15.8 Å². The average molecular weight is 247 g/mol. The van der Waals surface area contributed by atoms with E-state index >= 15 is 0 Å². The highest BCUT2D eigenvalue weighted by Crippen LogP contribution is 2.24. The Morgan fingerprint density at radius 3 is 2.83 bits per heavy atom. The van der Waals surface area contributed by atoms with Gasteiger partial charge in [-0.1, -0.05) is 0 Å². The molecule has 0 saturated carbocycles. The van der Waals surface area contributed by atoms with E-state index in [0.29, 0.717) is 18.1 Å². The molecule has 0 fully saturated rings. The van der Waals surface area contributed by atoms with Crippen molar-refractivity contribution in [1.82, 2.24) is 14.8 Å². The minimum atomic E-state index is 0.597. The molecule has 6 heteroatoms. The van der Waals surface area contributed by atoms with Crippen LogP contribution in [0.25, 0.3) is 0 Å². The Morgan fingerprint density at radius 1 is 1.44 bits per heavy atom. The molecule has 0 aromatic carbocycles. The average Bonchev–Trinajstić information content (AvgIpc) is 2.68. The smallest absolute Gasteiger partial charge is 0.160 e. The van der Waals surface area contributed by atoms with Crippen LogP contribution in [0.5, 0.6) is 5.75 Å². The number of hydrogen-bond donors (Lipinski definition) is 2. The number of pyridine rings is 1. The molecular weight excluding hydrogens is 230 g/mol. The minimum Gasteiger partial charge on any atom is -0.493 e. The lowest BCUT2D eigenvalue weighted by molar-refractivity contribution is 0.414. The second kappa shape index (κ2) is 4.95. The molecule has 0 amide bonds. The molecule has 0 aliphatic carbocycles. The molecule has 2 aromatic rings. The van der Waals surface area contributed by atoms with Crippen molar-refractivity contribution < 1.29 is 4.74 Å². The number of nitrogens with zero attached hydrogens (tertiary/aromatic N) is 3. The second-order valence-electron chi connectivity index (χ2n) is 4.06. The van der Waals surface area contributed by atoms with Crippen molar-refractivity contribution in [1.29, 1.82) is 0 Å². The van der Waals surface area contributed by atoms with Gasteiger partial charge in [-0.2, -0.15) is 5.10 Å². The van der Waals surface area contributed by atoms with Crippen molar-refractivity contribution in [2.45, 2.75) is 13.5 Å². The van der Waals surface area contributed by atoms with E-state index < -0.39 is 0 Å². The molecule has 0 bridgehead atoms. The summed E-state index contributed by atoms with van der Waals surface area (Å²) in [6.45, 7) is 2.53. The Bertz CT molecular complexity index is 549. The summed E-state index contributed by atoms with van der Waals surface area (Å²) in [5.74, 6) is 1.37. The predicted octanol–water partition coefficient (Wildman–Crippen LogP) is 1.33. The summed E-state index contributed by atoms with van der Waals surface area (Å²) in [7, 11) is 3.44. The van der Waals surface area contributed by atoms with Crippen LogP contribution in [0.15, 0.2) is 18.5 Å². The zero-order valence-corrected chi connectivity index (χ0v) is 10.8. The molecular formula is C12H17N5O. The zero-order chi connectivity index (χ0) is 13.1. The van der Waals surface area contributed by atoms with Crippen molar-refractivity contribution in [2.75, 3.05) is 18.2 Å². The number of ether oxygens (including phenoxy) is 1. The monoisotopic (exact) mass is 247 g/mol. The summed E-state index contributed by atoms with van der Waals surface area (Å²) in [6, 6.07) is 1.94. The van der Waals surface area contributed by atoms with Crippen LogP contribution in [-0.4, -0.2) is 21.9 Å². The third-order valence-electron chi connectivity index (χ3n) is 2.76. The van der Waals surface area contributed by atoms with E-state index in [9.17, 15) is 0 Å². The van der Waals surface area contributed by atoms with Gasteiger partial charge in [-0.15, -0.1) is 0 Å². The summed E-state index contributed by atoms with van der Waals surface area (Å²) in [5, 5.41) is 7.37. The molecule has 6 nitrogen and oxygen atoms in total. The molecule has 0 unspecified atom stereocenters. The summed E-state index contributed by atoms with van der Waals surface area (Å²) in [4.78, 5) is 4.18. The molecule has 0 saturated heterocycles. The maximum Gasteiger partial charge on any atom is 0.160 e. The van der Waals surface area contributed by atoms with E-state index in [4.69, 9.17) is 10.5 Å². The summed E-state index contributed by atoms with van der Waals surface area (Å²) >= 11 is 0. The van der Waals surface area contributed by atoms with Crippen molar-refractivity contribution in [3.05, 3.63) is 29.7 Å². The Hall–Kier alpha value is -2.24. The minimum absolute atomic E-state index is 0.597. The van der Waals surface area contributed by atoms with Gasteiger partial charge in [0.15, 0.2) is 5.75 Å².